The van der Waals surface area contributed by atoms with Gasteiger partial charge in [-0.1, -0.05) is 12.1 Å². The van der Waals surface area contributed by atoms with Gasteiger partial charge < -0.3 is 19.1 Å². The van der Waals surface area contributed by atoms with E-state index in [0.29, 0.717) is 41.5 Å². The van der Waals surface area contributed by atoms with Gasteiger partial charge in [0.05, 0.1) is 18.4 Å². The van der Waals surface area contributed by atoms with Gasteiger partial charge in [0.25, 0.3) is 11.8 Å². The molecule has 2 amide bonds. The van der Waals surface area contributed by atoms with Crippen LogP contribution in [0.3, 0.4) is 0 Å². The van der Waals surface area contributed by atoms with Gasteiger partial charge in [0.1, 0.15) is 17.3 Å². The predicted octanol–water partition coefficient (Wildman–Crippen LogP) is 3.69. The lowest BCUT2D eigenvalue weighted by molar-refractivity contribution is 0.0715. The first-order valence-electron chi connectivity index (χ1n) is 8.67. The maximum atomic E-state index is 13.1. The fourth-order valence-electron chi connectivity index (χ4n) is 2.93. The van der Waals surface area contributed by atoms with E-state index in [1.165, 1.54) is 0 Å². The molecule has 0 atom stereocenters. The van der Waals surface area contributed by atoms with E-state index in [1.807, 2.05) is 25.1 Å². The zero-order valence-corrected chi connectivity index (χ0v) is 15.6. The van der Waals surface area contributed by atoms with Crippen molar-refractivity contribution in [1.82, 2.24) is 10.2 Å². The van der Waals surface area contributed by atoms with Crippen LogP contribution in [0.2, 0.25) is 0 Å². The zero-order valence-electron chi connectivity index (χ0n) is 15.6. The fourth-order valence-corrected chi connectivity index (χ4v) is 2.93. The van der Waals surface area contributed by atoms with Crippen LogP contribution in [0.25, 0.3) is 0 Å². The summed E-state index contributed by atoms with van der Waals surface area (Å²) < 4.78 is 10.9. The lowest BCUT2D eigenvalue weighted by Gasteiger charge is -2.22. The molecular weight excluding hydrogens is 344 g/mol. The quantitative estimate of drug-likeness (QED) is 0.722. The van der Waals surface area contributed by atoms with Crippen molar-refractivity contribution in [3.63, 3.8) is 0 Å². The van der Waals surface area contributed by atoms with Gasteiger partial charge in [-0.2, -0.15) is 0 Å². The van der Waals surface area contributed by atoms with Crippen LogP contribution in [0, 0.1) is 13.8 Å². The second-order valence-corrected chi connectivity index (χ2v) is 6.34. The van der Waals surface area contributed by atoms with Crippen LogP contribution >= 0.6 is 0 Å². The van der Waals surface area contributed by atoms with Crippen molar-refractivity contribution >= 4 is 11.8 Å². The molecule has 2 heterocycles. The van der Waals surface area contributed by atoms with E-state index in [9.17, 15) is 9.59 Å². The number of benzene rings is 1. The molecule has 0 aliphatic rings. The number of carbonyl (C=O) groups excluding carboxylic acids is 2. The first kappa shape index (κ1) is 18.5. The average Bonchev–Trinajstić information content (AvgIpc) is 3.29. The molecule has 0 fully saturated rings. The number of hydrogen-bond acceptors (Lipinski definition) is 4. The van der Waals surface area contributed by atoms with Gasteiger partial charge in [-0.25, -0.2) is 0 Å². The van der Waals surface area contributed by atoms with Crippen LogP contribution in [0.1, 0.15) is 43.6 Å². The molecule has 6 nitrogen and oxygen atoms in total. The van der Waals surface area contributed by atoms with Gasteiger partial charge in [0.15, 0.2) is 0 Å². The van der Waals surface area contributed by atoms with Gasteiger partial charge in [0, 0.05) is 19.2 Å². The third-order valence-corrected chi connectivity index (χ3v) is 4.30. The largest absolute Gasteiger partial charge is 0.467 e. The third kappa shape index (κ3) is 4.28. The van der Waals surface area contributed by atoms with Gasteiger partial charge in [-0.05, 0) is 49.7 Å². The molecule has 0 aliphatic carbocycles. The number of amides is 2. The summed E-state index contributed by atoms with van der Waals surface area (Å²) in [7, 11) is 1.59. The van der Waals surface area contributed by atoms with E-state index in [-0.39, 0.29) is 11.8 Å². The van der Waals surface area contributed by atoms with Gasteiger partial charge in [0.2, 0.25) is 0 Å². The highest BCUT2D eigenvalue weighted by molar-refractivity contribution is 5.95. The minimum atomic E-state index is -0.144. The third-order valence-electron chi connectivity index (χ3n) is 4.30. The van der Waals surface area contributed by atoms with E-state index in [0.717, 1.165) is 5.56 Å². The number of hydrogen-bond donors (Lipinski definition) is 1. The summed E-state index contributed by atoms with van der Waals surface area (Å²) in [6.07, 6.45) is 1.59. The molecule has 0 unspecified atom stereocenters. The molecule has 2 aromatic heterocycles. The van der Waals surface area contributed by atoms with Crippen molar-refractivity contribution in [2.45, 2.75) is 26.9 Å². The number of furan rings is 2. The van der Waals surface area contributed by atoms with Crippen LogP contribution in [-0.2, 0) is 13.1 Å². The summed E-state index contributed by atoms with van der Waals surface area (Å²) in [5, 5.41) is 2.59. The molecule has 0 aliphatic heterocycles. The van der Waals surface area contributed by atoms with Crippen LogP contribution in [0.5, 0.6) is 0 Å². The van der Waals surface area contributed by atoms with Gasteiger partial charge in [-0.15, -0.1) is 0 Å². The van der Waals surface area contributed by atoms with E-state index in [1.54, 1.807) is 49.4 Å². The Kier molecular flexibility index (Phi) is 5.45. The Balaban J connectivity index is 1.84. The molecule has 0 radical (unpaired) electrons. The summed E-state index contributed by atoms with van der Waals surface area (Å²) in [6, 6.07) is 12.6. The number of carbonyl (C=O) groups is 2. The molecule has 1 N–H and O–H groups in total. The van der Waals surface area contributed by atoms with Gasteiger partial charge >= 0.3 is 0 Å². The molecule has 0 bridgehead atoms. The van der Waals surface area contributed by atoms with Crippen LogP contribution in [0.15, 0.2) is 57.6 Å². The highest BCUT2D eigenvalue weighted by atomic mass is 16.3. The number of rotatable bonds is 6. The van der Waals surface area contributed by atoms with Gasteiger partial charge in [-0.3, -0.25) is 9.59 Å². The highest BCUT2D eigenvalue weighted by Crippen LogP contribution is 2.20. The predicted molar refractivity (Wildman–Crippen MR) is 100 cm³/mol. The lowest BCUT2D eigenvalue weighted by Crippen LogP contribution is -2.30. The summed E-state index contributed by atoms with van der Waals surface area (Å²) in [4.78, 5) is 26.5. The molecule has 3 aromatic rings. The van der Waals surface area contributed by atoms with Crippen LogP contribution in [-0.4, -0.2) is 23.8 Å². The second kappa shape index (κ2) is 7.95. The molecular formula is C21H22N2O4. The van der Waals surface area contributed by atoms with Crippen molar-refractivity contribution in [3.8, 4) is 0 Å². The van der Waals surface area contributed by atoms with Crippen molar-refractivity contribution in [1.29, 1.82) is 0 Å². The van der Waals surface area contributed by atoms with Crippen LogP contribution < -0.4 is 5.32 Å². The molecule has 1 aromatic carbocycles. The van der Waals surface area contributed by atoms with Crippen molar-refractivity contribution < 1.29 is 18.4 Å². The van der Waals surface area contributed by atoms with E-state index < -0.39 is 0 Å². The van der Waals surface area contributed by atoms with E-state index in [4.69, 9.17) is 8.83 Å². The van der Waals surface area contributed by atoms with E-state index in [2.05, 4.69) is 5.32 Å². The Morgan fingerprint density at radius 3 is 2.37 bits per heavy atom. The monoisotopic (exact) mass is 366 g/mol. The smallest absolute Gasteiger partial charge is 0.258 e. The Bertz CT molecular complexity index is 924. The summed E-state index contributed by atoms with van der Waals surface area (Å²) in [6.45, 7) is 4.32. The Morgan fingerprint density at radius 2 is 1.81 bits per heavy atom. The first-order valence-corrected chi connectivity index (χ1v) is 8.67. The molecule has 0 saturated carbocycles. The second-order valence-electron chi connectivity index (χ2n) is 6.34. The first-order chi connectivity index (χ1) is 13.0. The Labute approximate surface area is 157 Å². The fraction of sp³-hybridized carbons (Fsp3) is 0.238. The molecule has 6 heteroatoms. The molecule has 0 saturated heterocycles. The van der Waals surface area contributed by atoms with Crippen molar-refractivity contribution in [3.05, 3.63) is 82.7 Å². The maximum absolute atomic E-state index is 13.1. The standard InChI is InChI=1S/C21H22N2O4/c1-14-11-19(15(2)27-14)21(25)23(13-18-5-4-10-26-18)12-16-6-8-17(9-7-16)20(24)22-3/h4-11H,12-13H2,1-3H3,(H,22,24). The summed E-state index contributed by atoms with van der Waals surface area (Å²) >= 11 is 0. The molecule has 140 valence electrons. The normalized spacial score (nSPS) is 10.6. The topological polar surface area (TPSA) is 75.7 Å². The van der Waals surface area contributed by atoms with Crippen LogP contribution in [0.4, 0.5) is 0 Å². The summed E-state index contributed by atoms with van der Waals surface area (Å²) in [5.74, 6) is 1.72. The molecule has 27 heavy (non-hydrogen) atoms. The SMILES string of the molecule is CNC(=O)c1ccc(CN(Cc2ccco2)C(=O)c2cc(C)oc2C)cc1. The minimum Gasteiger partial charge on any atom is -0.467 e. The lowest BCUT2D eigenvalue weighted by atomic mass is 10.1. The number of aryl methyl sites for hydroxylation is 2. The zero-order chi connectivity index (χ0) is 19.4. The molecule has 0 spiro atoms. The highest BCUT2D eigenvalue weighted by Gasteiger charge is 2.22. The number of nitrogens with zero attached hydrogens (tertiary/aromatic N) is 1. The van der Waals surface area contributed by atoms with E-state index >= 15 is 0 Å². The summed E-state index contributed by atoms with van der Waals surface area (Å²) in [5.41, 5.74) is 2.04. The Morgan fingerprint density at radius 1 is 1.07 bits per heavy atom. The van der Waals surface area contributed by atoms with Crippen molar-refractivity contribution in [2.75, 3.05) is 7.05 Å². The number of nitrogens with one attached hydrogen (secondary N) is 1. The average molecular weight is 366 g/mol. The van der Waals surface area contributed by atoms with Crippen molar-refractivity contribution in [2.24, 2.45) is 0 Å². The molecule has 3 rings (SSSR count). The Hall–Kier alpha value is -3.28. The maximum Gasteiger partial charge on any atom is 0.258 e. The minimum absolute atomic E-state index is 0.129.